The molecule has 2 aromatic carbocycles. The molecule has 0 radical (unpaired) electrons. The van der Waals surface area contributed by atoms with Crippen molar-refractivity contribution in [2.24, 2.45) is 0 Å². The van der Waals surface area contributed by atoms with Gasteiger partial charge in [-0.3, -0.25) is 0 Å². The molecule has 0 saturated carbocycles. The monoisotopic (exact) mass is 346 g/mol. The molecule has 0 spiro atoms. The van der Waals surface area contributed by atoms with Crippen molar-refractivity contribution in [3.8, 4) is 5.75 Å². The zero-order chi connectivity index (χ0) is 15.8. The summed E-state index contributed by atoms with van der Waals surface area (Å²) in [6, 6.07) is 12.5. The van der Waals surface area contributed by atoms with Crippen molar-refractivity contribution in [1.82, 2.24) is 0 Å². The van der Waals surface area contributed by atoms with E-state index in [-0.39, 0.29) is 5.41 Å². The lowest BCUT2D eigenvalue weighted by atomic mass is 9.75. The van der Waals surface area contributed by atoms with Gasteiger partial charge in [0, 0.05) is 9.89 Å². The van der Waals surface area contributed by atoms with Crippen LogP contribution in [-0.4, -0.2) is 5.11 Å². The molecule has 2 aromatic rings. The molecule has 0 aromatic heterocycles. The van der Waals surface area contributed by atoms with E-state index in [1.54, 1.807) is 0 Å². The number of rotatable bonds is 3. The first-order valence-electron chi connectivity index (χ1n) is 7.33. The van der Waals surface area contributed by atoms with E-state index in [0.29, 0.717) is 11.7 Å². The van der Waals surface area contributed by atoms with Crippen LogP contribution < -0.4 is 0 Å². The number of phenols is 1. The zero-order valence-electron chi connectivity index (χ0n) is 13.4. The number of hydrogen-bond acceptors (Lipinski definition) is 1. The highest BCUT2D eigenvalue weighted by Gasteiger charge is 2.26. The van der Waals surface area contributed by atoms with E-state index >= 15 is 0 Å². The fourth-order valence-corrected chi connectivity index (χ4v) is 3.13. The quantitative estimate of drug-likeness (QED) is 0.731. The van der Waals surface area contributed by atoms with Gasteiger partial charge in [-0.1, -0.05) is 61.8 Å². The second kappa shape index (κ2) is 5.84. The van der Waals surface area contributed by atoms with Crippen molar-refractivity contribution in [1.29, 1.82) is 0 Å². The lowest BCUT2D eigenvalue weighted by molar-refractivity contribution is 0.463. The number of aromatic hydroxyl groups is 1. The SMILES string of the molecule is Cc1cc(O)c(C(C)C)cc1C(C)(C)c1ccc(Br)cc1. The lowest BCUT2D eigenvalue weighted by Crippen LogP contribution is -2.20. The van der Waals surface area contributed by atoms with Crippen molar-refractivity contribution in [2.45, 2.75) is 46.0 Å². The normalized spacial score (nSPS) is 12.0. The van der Waals surface area contributed by atoms with Crippen LogP contribution in [0, 0.1) is 6.92 Å². The van der Waals surface area contributed by atoms with E-state index in [4.69, 9.17) is 0 Å². The fraction of sp³-hybridized carbons (Fsp3) is 0.368. The third-order valence-electron chi connectivity index (χ3n) is 4.23. The Hall–Kier alpha value is -1.28. The Kier molecular flexibility index (Phi) is 4.48. The summed E-state index contributed by atoms with van der Waals surface area (Å²) in [7, 11) is 0. The first-order valence-corrected chi connectivity index (χ1v) is 8.13. The van der Waals surface area contributed by atoms with Crippen LogP contribution in [0.3, 0.4) is 0 Å². The minimum Gasteiger partial charge on any atom is -0.508 e. The van der Waals surface area contributed by atoms with Crippen molar-refractivity contribution < 1.29 is 5.11 Å². The van der Waals surface area contributed by atoms with Gasteiger partial charge in [0.05, 0.1) is 0 Å². The molecule has 0 aliphatic carbocycles. The minimum atomic E-state index is -0.0951. The number of hydrogen-bond donors (Lipinski definition) is 1. The topological polar surface area (TPSA) is 20.2 Å². The molecule has 21 heavy (non-hydrogen) atoms. The molecule has 0 aliphatic heterocycles. The Morgan fingerprint density at radius 2 is 1.62 bits per heavy atom. The number of phenolic OH excluding ortho intramolecular Hbond substituents is 1. The summed E-state index contributed by atoms with van der Waals surface area (Å²) in [5.74, 6) is 0.711. The maximum atomic E-state index is 10.2. The largest absolute Gasteiger partial charge is 0.508 e. The van der Waals surface area contributed by atoms with Gasteiger partial charge in [0.1, 0.15) is 5.75 Å². The van der Waals surface area contributed by atoms with E-state index in [0.717, 1.165) is 15.6 Å². The Morgan fingerprint density at radius 3 is 2.14 bits per heavy atom. The standard InChI is InChI=1S/C19H23BrO/c1-12(2)16-11-17(13(3)10-18(16)21)19(4,5)14-6-8-15(20)9-7-14/h6-12,21H,1-5H3. The second-order valence-electron chi connectivity index (χ2n) is 6.51. The number of aryl methyl sites for hydroxylation is 1. The molecule has 0 aliphatic rings. The van der Waals surface area contributed by atoms with E-state index in [9.17, 15) is 5.11 Å². The second-order valence-corrected chi connectivity index (χ2v) is 7.43. The molecule has 0 unspecified atom stereocenters. The minimum absolute atomic E-state index is 0.0951. The average Bonchev–Trinajstić information content (AvgIpc) is 2.38. The van der Waals surface area contributed by atoms with Gasteiger partial charge in [0.2, 0.25) is 0 Å². The molecular formula is C19H23BrO. The third kappa shape index (κ3) is 3.16. The summed E-state index contributed by atoms with van der Waals surface area (Å²) in [5, 5.41) is 10.2. The van der Waals surface area contributed by atoms with Crippen LogP contribution in [-0.2, 0) is 5.41 Å². The predicted molar refractivity (Wildman–Crippen MR) is 93.2 cm³/mol. The van der Waals surface area contributed by atoms with E-state index in [1.807, 2.05) is 6.07 Å². The Bertz CT molecular complexity index is 639. The molecule has 0 saturated heterocycles. The molecular weight excluding hydrogens is 324 g/mol. The molecule has 0 bridgehead atoms. The number of benzene rings is 2. The highest BCUT2D eigenvalue weighted by molar-refractivity contribution is 9.10. The van der Waals surface area contributed by atoms with Crippen LogP contribution in [0.25, 0.3) is 0 Å². The van der Waals surface area contributed by atoms with E-state index < -0.39 is 0 Å². The van der Waals surface area contributed by atoms with Crippen molar-refractivity contribution in [3.05, 3.63) is 63.1 Å². The first-order chi connectivity index (χ1) is 9.73. The Morgan fingerprint density at radius 1 is 1.05 bits per heavy atom. The van der Waals surface area contributed by atoms with Crippen LogP contribution in [0.15, 0.2) is 40.9 Å². The molecule has 2 heteroatoms. The zero-order valence-corrected chi connectivity index (χ0v) is 15.0. The molecule has 112 valence electrons. The molecule has 0 amide bonds. The molecule has 1 N–H and O–H groups in total. The molecule has 0 fully saturated rings. The highest BCUT2D eigenvalue weighted by atomic mass is 79.9. The van der Waals surface area contributed by atoms with Gasteiger partial charge >= 0.3 is 0 Å². The molecule has 2 rings (SSSR count). The summed E-state index contributed by atoms with van der Waals surface area (Å²) in [5.41, 5.74) is 4.59. The smallest absolute Gasteiger partial charge is 0.119 e. The van der Waals surface area contributed by atoms with Gasteiger partial charge in [0.15, 0.2) is 0 Å². The van der Waals surface area contributed by atoms with E-state index in [2.05, 4.69) is 80.9 Å². The maximum absolute atomic E-state index is 10.2. The van der Waals surface area contributed by atoms with Crippen molar-refractivity contribution in [2.75, 3.05) is 0 Å². The van der Waals surface area contributed by atoms with Gasteiger partial charge in [-0.2, -0.15) is 0 Å². The summed E-state index contributed by atoms with van der Waals surface area (Å²) >= 11 is 3.49. The lowest BCUT2D eigenvalue weighted by Gasteiger charge is -2.29. The van der Waals surface area contributed by atoms with Gasteiger partial charge in [0.25, 0.3) is 0 Å². The third-order valence-corrected chi connectivity index (χ3v) is 4.76. The van der Waals surface area contributed by atoms with Crippen LogP contribution in [0.5, 0.6) is 5.75 Å². The van der Waals surface area contributed by atoms with Crippen LogP contribution in [0.4, 0.5) is 0 Å². The molecule has 0 heterocycles. The fourth-order valence-electron chi connectivity index (χ4n) is 2.87. The summed E-state index contributed by atoms with van der Waals surface area (Å²) in [6.45, 7) is 10.8. The predicted octanol–water partition coefficient (Wildman–Crippen LogP) is 5.91. The van der Waals surface area contributed by atoms with Crippen molar-refractivity contribution >= 4 is 15.9 Å². The summed E-state index contributed by atoms with van der Waals surface area (Å²) < 4.78 is 1.09. The molecule has 0 atom stereocenters. The Labute approximate surface area is 136 Å². The highest BCUT2D eigenvalue weighted by Crippen LogP contribution is 2.38. The van der Waals surface area contributed by atoms with Gasteiger partial charge in [-0.15, -0.1) is 0 Å². The van der Waals surface area contributed by atoms with Crippen molar-refractivity contribution in [3.63, 3.8) is 0 Å². The van der Waals surface area contributed by atoms with Gasteiger partial charge in [-0.05, 0) is 53.3 Å². The van der Waals surface area contributed by atoms with Crippen LogP contribution >= 0.6 is 15.9 Å². The van der Waals surface area contributed by atoms with E-state index in [1.165, 1.54) is 11.1 Å². The first kappa shape index (κ1) is 16.1. The van der Waals surface area contributed by atoms with Gasteiger partial charge < -0.3 is 5.11 Å². The van der Waals surface area contributed by atoms with Crippen LogP contribution in [0.2, 0.25) is 0 Å². The average molecular weight is 347 g/mol. The summed E-state index contributed by atoms with van der Waals surface area (Å²) in [4.78, 5) is 0. The Balaban J connectivity index is 2.58. The molecule has 1 nitrogen and oxygen atoms in total. The van der Waals surface area contributed by atoms with Crippen LogP contribution in [0.1, 0.15) is 55.9 Å². The number of halogens is 1. The summed E-state index contributed by atoms with van der Waals surface area (Å²) in [6.07, 6.45) is 0. The maximum Gasteiger partial charge on any atom is 0.119 e. The van der Waals surface area contributed by atoms with Gasteiger partial charge in [-0.25, -0.2) is 0 Å².